The highest BCUT2D eigenvalue weighted by Crippen LogP contribution is 2.24. The van der Waals surface area contributed by atoms with Crippen molar-refractivity contribution in [2.75, 3.05) is 0 Å². The van der Waals surface area contributed by atoms with E-state index in [1.54, 1.807) is 17.7 Å². The molecule has 1 aromatic carbocycles. The number of carboxylic acid groups (broad SMARTS) is 1. The largest absolute Gasteiger partial charge is 0.481 e. The molecule has 2 rings (SSSR count). The van der Waals surface area contributed by atoms with Gasteiger partial charge in [-0.2, -0.15) is 5.10 Å². The zero-order valence-electron chi connectivity index (χ0n) is 11.6. The maximum absolute atomic E-state index is 13.7. The SMILES string of the molecule is CCn1nc(C)cc1COc1c(F)cc(C(=O)O)cc1F. The number of benzene rings is 1. The van der Waals surface area contributed by atoms with E-state index < -0.39 is 28.9 Å². The van der Waals surface area contributed by atoms with Crippen LogP contribution in [0.5, 0.6) is 5.75 Å². The number of aromatic nitrogens is 2. The molecule has 5 nitrogen and oxygen atoms in total. The van der Waals surface area contributed by atoms with Gasteiger partial charge in [0.15, 0.2) is 17.4 Å². The first kappa shape index (κ1) is 15.0. The number of carbonyl (C=O) groups is 1. The minimum Gasteiger partial charge on any atom is -0.481 e. The normalized spacial score (nSPS) is 10.7. The maximum atomic E-state index is 13.7. The molecule has 0 aliphatic carbocycles. The quantitative estimate of drug-likeness (QED) is 0.921. The number of aryl methyl sites for hydroxylation is 2. The second-order valence-electron chi connectivity index (χ2n) is 4.46. The molecule has 0 radical (unpaired) electrons. The van der Waals surface area contributed by atoms with Crippen molar-refractivity contribution in [3.05, 3.63) is 46.8 Å². The molecule has 112 valence electrons. The molecule has 0 spiro atoms. The number of rotatable bonds is 5. The van der Waals surface area contributed by atoms with E-state index in [4.69, 9.17) is 9.84 Å². The molecule has 0 saturated carbocycles. The second kappa shape index (κ2) is 5.90. The van der Waals surface area contributed by atoms with E-state index in [0.29, 0.717) is 12.2 Å². The molecule has 0 fully saturated rings. The third-order valence-corrected chi connectivity index (χ3v) is 2.89. The fourth-order valence-electron chi connectivity index (χ4n) is 1.96. The lowest BCUT2D eigenvalue weighted by Crippen LogP contribution is -2.08. The summed E-state index contributed by atoms with van der Waals surface area (Å²) < 4.78 is 34.2. The van der Waals surface area contributed by atoms with Gasteiger partial charge in [-0.1, -0.05) is 0 Å². The third-order valence-electron chi connectivity index (χ3n) is 2.89. The van der Waals surface area contributed by atoms with E-state index >= 15 is 0 Å². The molecule has 0 amide bonds. The molecule has 0 aliphatic heterocycles. The summed E-state index contributed by atoms with van der Waals surface area (Å²) in [5.74, 6) is -4.10. The van der Waals surface area contributed by atoms with Crippen LogP contribution in [0.3, 0.4) is 0 Å². The summed E-state index contributed by atoms with van der Waals surface area (Å²) in [5, 5.41) is 12.9. The molecule has 0 aliphatic rings. The smallest absolute Gasteiger partial charge is 0.335 e. The molecular formula is C14H14F2N2O3. The lowest BCUT2D eigenvalue weighted by molar-refractivity contribution is 0.0695. The van der Waals surface area contributed by atoms with Crippen LogP contribution < -0.4 is 4.74 Å². The zero-order chi connectivity index (χ0) is 15.6. The van der Waals surface area contributed by atoms with Crippen molar-refractivity contribution in [1.29, 1.82) is 0 Å². The Bertz CT molecular complexity index is 660. The molecule has 0 bridgehead atoms. The Balaban J connectivity index is 2.22. The fraction of sp³-hybridized carbons (Fsp3) is 0.286. The van der Waals surface area contributed by atoms with Gasteiger partial charge in [-0.25, -0.2) is 13.6 Å². The summed E-state index contributed by atoms with van der Waals surface area (Å²) in [6, 6.07) is 3.21. The van der Waals surface area contributed by atoms with Crippen LogP contribution in [0, 0.1) is 18.6 Å². The number of halogens is 2. The standard InChI is InChI=1S/C14H14F2N2O3/c1-3-18-10(4-8(2)17-18)7-21-13-11(15)5-9(14(19)20)6-12(13)16/h4-6H,3,7H2,1-2H3,(H,19,20). The molecule has 0 unspecified atom stereocenters. The third kappa shape index (κ3) is 3.18. The maximum Gasteiger partial charge on any atom is 0.335 e. The molecule has 1 heterocycles. The molecule has 0 atom stereocenters. The number of hydrogen-bond acceptors (Lipinski definition) is 3. The fourth-order valence-corrected chi connectivity index (χ4v) is 1.96. The van der Waals surface area contributed by atoms with Crippen LogP contribution in [-0.4, -0.2) is 20.9 Å². The van der Waals surface area contributed by atoms with E-state index in [9.17, 15) is 13.6 Å². The van der Waals surface area contributed by atoms with Crippen LogP contribution >= 0.6 is 0 Å². The van der Waals surface area contributed by atoms with Gasteiger partial charge >= 0.3 is 5.97 Å². The number of hydrogen-bond donors (Lipinski definition) is 1. The lowest BCUT2D eigenvalue weighted by Gasteiger charge is -2.10. The summed E-state index contributed by atoms with van der Waals surface area (Å²) in [5.41, 5.74) is 0.987. The van der Waals surface area contributed by atoms with E-state index in [0.717, 1.165) is 17.8 Å². The van der Waals surface area contributed by atoms with Gasteiger partial charge in [0.05, 0.1) is 17.0 Å². The first-order chi connectivity index (χ1) is 9.92. The Hall–Kier alpha value is -2.44. The number of nitrogens with zero attached hydrogens (tertiary/aromatic N) is 2. The minimum absolute atomic E-state index is 0.0606. The van der Waals surface area contributed by atoms with Crippen LogP contribution in [0.15, 0.2) is 18.2 Å². The Morgan fingerprint density at radius 1 is 1.33 bits per heavy atom. The van der Waals surface area contributed by atoms with Gasteiger partial charge in [-0.05, 0) is 32.0 Å². The van der Waals surface area contributed by atoms with Crippen molar-refractivity contribution in [2.24, 2.45) is 0 Å². The molecule has 7 heteroatoms. The van der Waals surface area contributed by atoms with E-state index in [1.807, 2.05) is 6.92 Å². The average molecular weight is 296 g/mol. The van der Waals surface area contributed by atoms with Crippen LogP contribution in [0.2, 0.25) is 0 Å². The molecule has 1 aromatic heterocycles. The van der Waals surface area contributed by atoms with E-state index in [1.165, 1.54) is 0 Å². The first-order valence-electron chi connectivity index (χ1n) is 6.30. The molecule has 1 N–H and O–H groups in total. The van der Waals surface area contributed by atoms with Crippen LogP contribution in [-0.2, 0) is 13.2 Å². The van der Waals surface area contributed by atoms with Crippen molar-refractivity contribution >= 4 is 5.97 Å². The predicted molar refractivity (Wildman–Crippen MR) is 70.3 cm³/mol. The van der Waals surface area contributed by atoms with Crippen molar-refractivity contribution < 1.29 is 23.4 Å². The molecule has 2 aromatic rings. The van der Waals surface area contributed by atoms with Crippen molar-refractivity contribution in [2.45, 2.75) is 27.0 Å². The number of carboxylic acids is 1. The van der Waals surface area contributed by atoms with Gasteiger partial charge in [0, 0.05) is 6.54 Å². The van der Waals surface area contributed by atoms with E-state index in [2.05, 4.69) is 5.10 Å². The van der Waals surface area contributed by atoms with Crippen LogP contribution in [0.25, 0.3) is 0 Å². The van der Waals surface area contributed by atoms with E-state index in [-0.39, 0.29) is 6.61 Å². The van der Waals surface area contributed by atoms with Gasteiger partial charge < -0.3 is 9.84 Å². The van der Waals surface area contributed by atoms with Crippen LogP contribution in [0.1, 0.15) is 28.7 Å². The van der Waals surface area contributed by atoms with Gasteiger partial charge in [-0.15, -0.1) is 0 Å². The van der Waals surface area contributed by atoms with Crippen LogP contribution in [0.4, 0.5) is 8.78 Å². The average Bonchev–Trinajstić information content (AvgIpc) is 2.77. The molecule has 21 heavy (non-hydrogen) atoms. The van der Waals surface area contributed by atoms with Crippen molar-refractivity contribution in [3.63, 3.8) is 0 Å². The topological polar surface area (TPSA) is 64.4 Å². The highest BCUT2D eigenvalue weighted by molar-refractivity contribution is 5.87. The summed E-state index contributed by atoms with van der Waals surface area (Å²) in [4.78, 5) is 10.7. The Morgan fingerprint density at radius 2 is 1.95 bits per heavy atom. The highest BCUT2D eigenvalue weighted by Gasteiger charge is 2.16. The summed E-state index contributed by atoms with van der Waals surface area (Å²) in [6.45, 7) is 4.24. The minimum atomic E-state index is -1.40. The molecule has 0 saturated heterocycles. The zero-order valence-corrected chi connectivity index (χ0v) is 11.6. The number of aromatic carboxylic acids is 1. The number of ether oxygens (including phenoxy) is 1. The summed E-state index contributed by atoms with van der Waals surface area (Å²) in [6.07, 6.45) is 0. The Kier molecular flexibility index (Phi) is 4.21. The monoisotopic (exact) mass is 296 g/mol. The molecular weight excluding hydrogens is 282 g/mol. The Morgan fingerprint density at radius 3 is 2.48 bits per heavy atom. The van der Waals surface area contributed by atoms with Crippen molar-refractivity contribution in [1.82, 2.24) is 9.78 Å². The highest BCUT2D eigenvalue weighted by atomic mass is 19.1. The second-order valence-corrected chi connectivity index (χ2v) is 4.46. The van der Waals surface area contributed by atoms with Gasteiger partial charge in [0.2, 0.25) is 0 Å². The van der Waals surface area contributed by atoms with Crippen molar-refractivity contribution in [3.8, 4) is 5.75 Å². The first-order valence-corrected chi connectivity index (χ1v) is 6.30. The van der Waals surface area contributed by atoms with Gasteiger partial charge in [0.1, 0.15) is 6.61 Å². The van der Waals surface area contributed by atoms with Gasteiger partial charge in [0.25, 0.3) is 0 Å². The lowest BCUT2D eigenvalue weighted by atomic mass is 10.2. The Labute approximate surface area is 119 Å². The predicted octanol–water partition coefficient (Wildman–Crippen LogP) is 2.77. The van der Waals surface area contributed by atoms with Gasteiger partial charge in [-0.3, -0.25) is 4.68 Å². The summed E-state index contributed by atoms with van der Waals surface area (Å²) >= 11 is 0. The summed E-state index contributed by atoms with van der Waals surface area (Å²) in [7, 11) is 0.